The minimum atomic E-state index is -1.03. The Hall–Kier alpha value is -1.48. The number of thiazole rings is 1. The zero-order valence-corrected chi connectivity index (χ0v) is 15.4. The molecule has 2 rings (SSSR count). The maximum atomic E-state index is 11.3. The molecule has 128 valence electrons. The number of carboxylic acid groups (broad SMARTS) is 1. The van der Waals surface area contributed by atoms with Crippen molar-refractivity contribution in [3.05, 3.63) is 29.3 Å². The fourth-order valence-electron chi connectivity index (χ4n) is 1.49. The van der Waals surface area contributed by atoms with Crippen molar-refractivity contribution in [3.63, 3.8) is 0 Å². The number of nitrogens with one attached hydrogen (secondary N) is 2. The van der Waals surface area contributed by atoms with Crippen LogP contribution in [0.1, 0.15) is 17.3 Å². The Morgan fingerprint density at radius 1 is 1.22 bits per heavy atom. The second-order valence-electron chi connectivity index (χ2n) is 4.51. The maximum absolute atomic E-state index is 11.3. The van der Waals surface area contributed by atoms with Gasteiger partial charge in [-0.1, -0.05) is 12.1 Å². The van der Waals surface area contributed by atoms with Gasteiger partial charge < -0.3 is 15.7 Å². The van der Waals surface area contributed by atoms with Gasteiger partial charge in [0.25, 0.3) is 0 Å². The van der Waals surface area contributed by atoms with E-state index in [0.717, 1.165) is 10.2 Å². The minimum absolute atomic E-state index is 0.276. The molecular weight excluding hydrogens is 334 g/mol. The van der Waals surface area contributed by atoms with Gasteiger partial charge in [0.2, 0.25) is 0 Å². The number of para-hydroxylation sites is 1. The predicted octanol–water partition coefficient (Wildman–Crippen LogP) is 1.98. The summed E-state index contributed by atoms with van der Waals surface area (Å²) in [6.45, 7) is 0. The van der Waals surface area contributed by atoms with Crippen molar-refractivity contribution < 1.29 is 14.7 Å². The summed E-state index contributed by atoms with van der Waals surface area (Å²) in [7, 11) is 7.50. The number of thiol groups is 1. The zero-order chi connectivity index (χ0) is 17.8. The first-order chi connectivity index (χ1) is 10.9. The highest BCUT2D eigenvalue weighted by Crippen LogP contribution is 2.30. The monoisotopic (exact) mass is 357 g/mol. The summed E-state index contributed by atoms with van der Waals surface area (Å²) < 4.78 is 0.937. The number of rotatable bonds is 4. The first-order valence-corrected chi connectivity index (χ1v) is 8.14. The van der Waals surface area contributed by atoms with Crippen LogP contribution in [-0.2, 0) is 9.59 Å². The summed E-state index contributed by atoms with van der Waals surface area (Å²) >= 11 is 5.06. The third-order valence-electron chi connectivity index (χ3n) is 2.29. The van der Waals surface area contributed by atoms with Crippen LogP contribution in [0, 0.1) is 0 Å². The molecule has 0 fully saturated rings. The van der Waals surface area contributed by atoms with E-state index in [1.807, 2.05) is 52.5 Å². The van der Waals surface area contributed by atoms with Crippen LogP contribution in [0.4, 0.5) is 0 Å². The second kappa shape index (κ2) is 12.0. The lowest BCUT2D eigenvalue weighted by molar-refractivity contribution is -0.138. The highest BCUT2D eigenvalue weighted by Gasteiger charge is 2.24. The Morgan fingerprint density at radius 2 is 1.74 bits per heavy atom. The summed E-state index contributed by atoms with van der Waals surface area (Å²) in [5.41, 5.74) is 0.775. The number of carbonyl (C=O) groups excluding carboxylic acids is 1. The summed E-state index contributed by atoms with van der Waals surface area (Å²) in [5.74, 6) is -1.80. The van der Waals surface area contributed by atoms with Gasteiger partial charge in [-0.3, -0.25) is 9.59 Å². The molecule has 1 atom stereocenters. The Labute approximate surface area is 145 Å². The molecule has 0 aliphatic heterocycles. The van der Waals surface area contributed by atoms with Gasteiger partial charge in [0.15, 0.2) is 5.12 Å². The first kappa shape index (κ1) is 21.5. The molecular formula is C15H23N3O3S2. The molecule has 0 radical (unpaired) electrons. The number of aliphatic carboxylic acids is 1. The first-order valence-electron chi connectivity index (χ1n) is 6.88. The van der Waals surface area contributed by atoms with Gasteiger partial charge in [-0.05, 0) is 40.3 Å². The largest absolute Gasteiger partial charge is 0.481 e. The average Bonchev–Trinajstić information content (AvgIpc) is 2.89. The quantitative estimate of drug-likeness (QED) is 0.626. The normalized spacial score (nSPS) is 10.8. The van der Waals surface area contributed by atoms with Gasteiger partial charge in [-0.15, -0.1) is 24.0 Å². The van der Waals surface area contributed by atoms with E-state index >= 15 is 0 Å². The van der Waals surface area contributed by atoms with Gasteiger partial charge in [0.1, 0.15) is 5.01 Å². The van der Waals surface area contributed by atoms with Gasteiger partial charge in [-0.2, -0.15) is 0 Å². The van der Waals surface area contributed by atoms with Crippen molar-refractivity contribution in [1.82, 2.24) is 15.6 Å². The Bertz CT molecular complexity index is 582. The third kappa shape index (κ3) is 8.08. The topological polar surface area (TPSA) is 91.3 Å². The number of nitrogens with zero attached hydrogens (tertiary/aromatic N) is 1. The van der Waals surface area contributed by atoms with E-state index in [4.69, 9.17) is 5.11 Å². The molecule has 2 aromatic rings. The fraction of sp³-hybridized carbons (Fsp3) is 0.400. The highest BCUT2D eigenvalue weighted by atomic mass is 32.1. The maximum Gasteiger partial charge on any atom is 0.304 e. The second-order valence-corrected chi connectivity index (χ2v) is 6.01. The molecule has 0 bridgehead atoms. The lowest BCUT2D eigenvalue weighted by Gasteiger charge is -2.05. The molecule has 23 heavy (non-hydrogen) atoms. The lowest BCUT2D eigenvalue weighted by Crippen LogP contribution is -2.11. The number of benzene rings is 1. The molecule has 0 saturated carbocycles. The number of carbonyl (C=O) groups is 2. The van der Waals surface area contributed by atoms with Crippen LogP contribution in [0.15, 0.2) is 24.3 Å². The Balaban J connectivity index is 0.000000704. The average molecular weight is 358 g/mol. The predicted molar refractivity (Wildman–Crippen MR) is 98.6 cm³/mol. The molecule has 3 N–H and O–H groups in total. The number of aromatic nitrogens is 1. The van der Waals surface area contributed by atoms with Crippen LogP contribution in [-0.4, -0.2) is 49.4 Å². The highest BCUT2D eigenvalue weighted by molar-refractivity contribution is 7.96. The summed E-state index contributed by atoms with van der Waals surface area (Å²) in [6, 6.07) is 7.44. The summed E-state index contributed by atoms with van der Waals surface area (Å²) in [5, 5.41) is 14.3. The van der Waals surface area contributed by atoms with Crippen molar-refractivity contribution in [2.24, 2.45) is 0 Å². The van der Waals surface area contributed by atoms with Crippen LogP contribution in [0.2, 0.25) is 0 Å². The van der Waals surface area contributed by atoms with Gasteiger partial charge in [0.05, 0.1) is 22.6 Å². The van der Waals surface area contributed by atoms with E-state index in [-0.39, 0.29) is 6.42 Å². The fourth-order valence-corrected chi connectivity index (χ4v) is 2.86. The van der Waals surface area contributed by atoms with Gasteiger partial charge in [-0.25, -0.2) is 4.98 Å². The molecule has 0 aliphatic rings. The molecule has 0 spiro atoms. The molecule has 0 aliphatic carbocycles. The van der Waals surface area contributed by atoms with Crippen LogP contribution < -0.4 is 10.6 Å². The van der Waals surface area contributed by atoms with Crippen molar-refractivity contribution in [1.29, 1.82) is 0 Å². The number of fused-ring (bicyclic) bond motifs is 1. The van der Waals surface area contributed by atoms with E-state index in [1.165, 1.54) is 11.3 Å². The van der Waals surface area contributed by atoms with Gasteiger partial charge >= 0.3 is 5.97 Å². The molecule has 0 amide bonds. The van der Waals surface area contributed by atoms with E-state index < -0.39 is 17.0 Å². The van der Waals surface area contributed by atoms with E-state index in [1.54, 1.807) is 0 Å². The van der Waals surface area contributed by atoms with Gasteiger partial charge in [0, 0.05) is 0 Å². The number of hydrogen-bond donors (Lipinski definition) is 4. The molecule has 1 aromatic carbocycles. The number of hydrogen-bond acceptors (Lipinski definition) is 6. The smallest absolute Gasteiger partial charge is 0.304 e. The molecule has 0 saturated heterocycles. The SMILES string of the molecule is CNC.CNC.O=C(O)CC(C(=O)S)c1nc2ccccc2s1. The van der Waals surface area contributed by atoms with E-state index in [2.05, 4.69) is 28.2 Å². The van der Waals surface area contributed by atoms with Crippen molar-refractivity contribution >= 4 is 45.3 Å². The third-order valence-corrected chi connectivity index (χ3v) is 3.75. The Kier molecular flexibility index (Phi) is 11.2. The molecule has 8 heteroatoms. The van der Waals surface area contributed by atoms with Crippen LogP contribution in [0.5, 0.6) is 0 Å². The van der Waals surface area contributed by atoms with E-state index in [0.29, 0.717) is 5.01 Å². The van der Waals surface area contributed by atoms with Crippen LogP contribution in [0.25, 0.3) is 10.2 Å². The molecule has 1 heterocycles. The van der Waals surface area contributed by atoms with Crippen molar-refractivity contribution in [2.45, 2.75) is 12.3 Å². The zero-order valence-electron chi connectivity index (χ0n) is 13.7. The summed E-state index contributed by atoms with van der Waals surface area (Å²) in [6.07, 6.45) is -0.276. The standard InChI is InChI=1S/C11H9NO3S2.2C2H7N/c13-9(14)5-6(11(15)16)10-12-7-3-1-2-4-8(7)17-10;2*1-3-2/h1-4,6H,5H2,(H,13,14)(H,15,16);2*3H,1-2H3. The van der Waals surface area contributed by atoms with Crippen molar-refractivity contribution in [3.8, 4) is 0 Å². The molecule has 1 aromatic heterocycles. The summed E-state index contributed by atoms with van der Waals surface area (Å²) in [4.78, 5) is 26.3. The van der Waals surface area contributed by atoms with E-state index in [9.17, 15) is 9.59 Å². The van der Waals surface area contributed by atoms with Crippen LogP contribution >= 0.6 is 24.0 Å². The molecule has 1 unspecified atom stereocenters. The lowest BCUT2D eigenvalue weighted by atomic mass is 10.1. The van der Waals surface area contributed by atoms with Crippen LogP contribution in [0.3, 0.4) is 0 Å². The molecule has 6 nitrogen and oxygen atoms in total. The minimum Gasteiger partial charge on any atom is -0.481 e. The van der Waals surface area contributed by atoms with Crippen molar-refractivity contribution in [2.75, 3.05) is 28.2 Å². The Morgan fingerprint density at radius 3 is 2.17 bits per heavy atom. The number of carboxylic acids is 1.